The lowest BCUT2D eigenvalue weighted by Gasteiger charge is -2.31. The van der Waals surface area contributed by atoms with Crippen molar-refractivity contribution in [2.45, 2.75) is 13.0 Å². The highest BCUT2D eigenvalue weighted by molar-refractivity contribution is 5.78. The number of carbonyl (C=O) groups is 1. The fourth-order valence-corrected chi connectivity index (χ4v) is 2.46. The van der Waals surface area contributed by atoms with E-state index in [9.17, 15) is 14.3 Å². The van der Waals surface area contributed by atoms with Crippen LogP contribution in [0.2, 0.25) is 0 Å². The molecule has 21 heavy (non-hydrogen) atoms. The average Bonchev–Trinajstić information content (AvgIpc) is 2.49. The highest BCUT2D eigenvalue weighted by Crippen LogP contribution is 2.28. The molecule has 1 heterocycles. The van der Waals surface area contributed by atoms with Crippen LogP contribution in [0.25, 0.3) is 0 Å². The van der Waals surface area contributed by atoms with Gasteiger partial charge in [0.25, 0.3) is 0 Å². The largest absolute Gasteiger partial charge is 0.508 e. The number of carbonyl (C=O) groups excluding carboxylic acids is 1. The molecule has 1 aromatic carbocycles. The molecular formula is C15H22FN3O2. The number of phenolic OH excluding ortho intramolecular Hbond substituents is 1. The molecule has 1 amide bonds. The summed E-state index contributed by atoms with van der Waals surface area (Å²) < 4.78 is 13.3. The minimum atomic E-state index is -0.392. The molecule has 1 aromatic rings. The molecule has 1 aliphatic rings. The van der Waals surface area contributed by atoms with Crippen LogP contribution in [0, 0.1) is 5.82 Å². The molecule has 0 bridgehead atoms. The number of aromatic hydroxyl groups is 1. The molecule has 0 radical (unpaired) electrons. The van der Waals surface area contributed by atoms with Gasteiger partial charge in [-0.2, -0.15) is 0 Å². The van der Waals surface area contributed by atoms with E-state index in [4.69, 9.17) is 0 Å². The topological polar surface area (TPSA) is 55.8 Å². The van der Waals surface area contributed by atoms with Crippen molar-refractivity contribution in [2.75, 3.05) is 39.8 Å². The van der Waals surface area contributed by atoms with Crippen molar-refractivity contribution in [2.24, 2.45) is 0 Å². The molecule has 1 unspecified atom stereocenters. The lowest BCUT2D eigenvalue weighted by Crippen LogP contribution is -2.49. The van der Waals surface area contributed by atoms with Gasteiger partial charge in [0.05, 0.1) is 6.54 Å². The Kier molecular flexibility index (Phi) is 5.14. The summed E-state index contributed by atoms with van der Waals surface area (Å²) in [5.41, 5.74) is 0.491. The molecule has 1 aliphatic heterocycles. The van der Waals surface area contributed by atoms with E-state index >= 15 is 0 Å². The second kappa shape index (κ2) is 6.87. The van der Waals surface area contributed by atoms with Crippen molar-refractivity contribution in [1.29, 1.82) is 0 Å². The Morgan fingerprint density at radius 3 is 2.81 bits per heavy atom. The zero-order chi connectivity index (χ0) is 15.4. The molecule has 0 aromatic heterocycles. The highest BCUT2D eigenvalue weighted by atomic mass is 19.1. The van der Waals surface area contributed by atoms with Crippen molar-refractivity contribution in [3.63, 3.8) is 0 Å². The minimum absolute atomic E-state index is 0.0466. The van der Waals surface area contributed by atoms with Crippen LogP contribution in [0.4, 0.5) is 4.39 Å². The molecule has 0 aliphatic carbocycles. The SMILES string of the molecule is CC(c1cc(F)ccc1O)N(C)CC(=O)N1CCNCC1. The third-order valence-electron chi connectivity index (χ3n) is 3.96. The van der Waals surface area contributed by atoms with Gasteiger partial charge in [0, 0.05) is 37.8 Å². The van der Waals surface area contributed by atoms with Gasteiger partial charge in [-0.3, -0.25) is 9.69 Å². The Morgan fingerprint density at radius 1 is 1.48 bits per heavy atom. The highest BCUT2D eigenvalue weighted by Gasteiger charge is 2.22. The summed E-state index contributed by atoms with van der Waals surface area (Å²) in [7, 11) is 1.80. The smallest absolute Gasteiger partial charge is 0.236 e. The maximum Gasteiger partial charge on any atom is 0.236 e. The number of rotatable bonds is 4. The van der Waals surface area contributed by atoms with Gasteiger partial charge >= 0.3 is 0 Å². The fourth-order valence-electron chi connectivity index (χ4n) is 2.46. The predicted molar refractivity (Wildman–Crippen MR) is 78.6 cm³/mol. The van der Waals surface area contributed by atoms with E-state index in [1.165, 1.54) is 18.2 Å². The lowest BCUT2D eigenvalue weighted by atomic mass is 10.1. The van der Waals surface area contributed by atoms with Crippen LogP contribution >= 0.6 is 0 Å². The molecule has 2 N–H and O–H groups in total. The van der Waals surface area contributed by atoms with Crippen molar-refractivity contribution < 1.29 is 14.3 Å². The first-order chi connectivity index (χ1) is 9.99. The van der Waals surface area contributed by atoms with Gasteiger partial charge in [-0.05, 0) is 32.2 Å². The second-order valence-corrected chi connectivity index (χ2v) is 5.43. The van der Waals surface area contributed by atoms with Crippen LogP contribution in [-0.2, 0) is 4.79 Å². The van der Waals surface area contributed by atoms with Crippen molar-refractivity contribution in [3.05, 3.63) is 29.6 Å². The maximum absolute atomic E-state index is 13.3. The number of piperazine rings is 1. The van der Waals surface area contributed by atoms with Crippen LogP contribution in [0.1, 0.15) is 18.5 Å². The molecule has 1 saturated heterocycles. The van der Waals surface area contributed by atoms with Crippen LogP contribution in [0.15, 0.2) is 18.2 Å². The first-order valence-electron chi connectivity index (χ1n) is 7.16. The van der Waals surface area contributed by atoms with Gasteiger partial charge in [0.2, 0.25) is 5.91 Å². The molecule has 1 fully saturated rings. The Labute approximate surface area is 124 Å². The summed E-state index contributed by atoms with van der Waals surface area (Å²) in [6.07, 6.45) is 0. The molecule has 1 atom stereocenters. The number of benzene rings is 1. The van der Waals surface area contributed by atoms with Crippen molar-refractivity contribution >= 4 is 5.91 Å². The third kappa shape index (κ3) is 3.92. The number of amides is 1. The summed E-state index contributed by atoms with van der Waals surface area (Å²) in [6.45, 7) is 5.15. The van der Waals surface area contributed by atoms with E-state index in [-0.39, 0.29) is 24.2 Å². The number of likely N-dealkylation sites (N-methyl/N-ethyl adjacent to an activating group) is 1. The zero-order valence-corrected chi connectivity index (χ0v) is 12.5. The quantitative estimate of drug-likeness (QED) is 0.868. The second-order valence-electron chi connectivity index (χ2n) is 5.43. The minimum Gasteiger partial charge on any atom is -0.508 e. The lowest BCUT2D eigenvalue weighted by molar-refractivity contribution is -0.133. The average molecular weight is 295 g/mol. The van der Waals surface area contributed by atoms with E-state index in [2.05, 4.69) is 5.32 Å². The zero-order valence-electron chi connectivity index (χ0n) is 12.5. The Morgan fingerprint density at radius 2 is 2.14 bits per heavy atom. The number of nitrogens with one attached hydrogen (secondary N) is 1. The molecular weight excluding hydrogens is 273 g/mol. The van der Waals surface area contributed by atoms with Crippen LogP contribution < -0.4 is 5.32 Å². The van der Waals surface area contributed by atoms with E-state index in [0.717, 1.165) is 13.1 Å². The van der Waals surface area contributed by atoms with Gasteiger partial charge in [0.1, 0.15) is 11.6 Å². The number of halogens is 1. The van der Waals surface area contributed by atoms with Crippen LogP contribution in [0.5, 0.6) is 5.75 Å². The fraction of sp³-hybridized carbons (Fsp3) is 0.533. The Bertz CT molecular complexity index is 504. The predicted octanol–water partition coefficient (Wildman–Crippen LogP) is 0.956. The van der Waals surface area contributed by atoms with Gasteiger partial charge in [-0.25, -0.2) is 4.39 Å². The van der Waals surface area contributed by atoms with Gasteiger partial charge in [0.15, 0.2) is 0 Å². The third-order valence-corrected chi connectivity index (χ3v) is 3.96. The van der Waals surface area contributed by atoms with Crippen molar-refractivity contribution in [3.8, 4) is 5.75 Å². The molecule has 5 nitrogen and oxygen atoms in total. The summed E-state index contributed by atoms with van der Waals surface area (Å²) >= 11 is 0. The van der Waals surface area contributed by atoms with E-state index < -0.39 is 5.82 Å². The van der Waals surface area contributed by atoms with Gasteiger partial charge in [-0.1, -0.05) is 0 Å². The Balaban J connectivity index is 2.00. The molecule has 2 rings (SSSR count). The summed E-state index contributed by atoms with van der Waals surface area (Å²) in [4.78, 5) is 15.9. The monoisotopic (exact) mass is 295 g/mol. The molecule has 0 spiro atoms. The summed E-state index contributed by atoms with van der Waals surface area (Å²) in [6, 6.07) is 3.63. The summed E-state index contributed by atoms with van der Waals surface area (Å²) in [5, 5.41) is 13.0. The maximum atomic E-state index is 13.3. The standard InChI is InChI=1S/C15H22FN3O2/c1-11(13-9-12(16)3-4-14(13)20)18(2)10-15(21)19-7-5-17-6-8-19/h3-4,9,11,17,20H,5-8,10H2,1-2H3. The molecule has 6 heteroatoms. The number of nitrogens with zero attached hydrogens (tertiary/aromatic N) is 2. The van der Waals surface area contributed by atoms with Crippen LogP contribution in [0.3, 0.4) is 0 Å². The van der Waals surface area contributed by atoms with Crippen molar-refractivity contribution in [1.82, 2.24) is 15.1 Å². The van der Waals surface area contributed by atoms with E-state index in [1.807, 2.05) is 16.7 Å². The molecule has 0 saturated carbocycles. The first kappa shape index (κ1) is 15.7. The Hall–Kier alpha value is -1.66. The number of hydrogen-bond donors (Lipinski definition) is 2. The van der Waals surface area contributed by atoms with E-state index in [0.29, 0.717) is 18.7 Å². The van der Waals surface area contributed by atoms with Gasteiger partial charge in [-0.15, -0.1) is 0 Å². The van der Waals surface area contributed by atoms with Crippen LogP contribution in [-0.4, -0.2) is 60.6 Å². The van der Waals surface area contributed by atoms with E-state index in [1.54, 1.807) is 7.05 Å². The number of phenols is 1. The normalized spacial score (nSPS) is 17.0. The van der Waals surface area contributed by atoms with Gasteiger partial charge < -0.3 is 15.3 Å². The molecule has 116 valence electrons. The number of hydrogen-bond acceptors (Lipinski definition) is 4. The first-order valence-corrected chi connectivity index (χ1v) is 7.16. The summed E-state index contributed by atoms with van der Waals surface area (Å²) in [5.74, 6) is -0.288.